The lowest BCUT2D eigenvalue weighted by Crippen LogP contribution is -2.50. The lowest BCUT2D eigenvalue weighted by molar-refractivity contribution is 0.0534. The van der Waals surface area contributed by atoms with Gasteiger partial charge in [0.2, 0.25) is 0 Å². The summed E-state index contributed by atoms with van der Waals surface area (Å²) < 4.78 is 7.58. The Hall–Kier alpha value is -4.32. The highest BCUT2D eigenvalue weighted by Crippen LogP contribution is 2.32. The van der Waals surface area contributed by atoms with Gasteiger partial charge in [-0.25, -0.2) is 0 Å². The molecular weight excluding hydrogens is 462 g/mol. The molecule has 4 aromatic rings. The van der Waals surface area contributed by atoms with Gasteiger partial charge in [0.1, 0.15) is 5.75 Å². The van der Waals surface area contributed by atoms with Crippen LogP contribution in [0, 0.1) is 13.8 Å². The second-order valence-corrected chi connectivity index (χ2v) is 9.33. The van der Waals surface area contributed by atoms with Gasteiger partial charge in [-0.3, -0.25) is 9.59 Å². The molecule has 0 radical (unpaired) electrons. The summed E-state index contributed by atoms with van der Waals surface area (Å²) in [6.07, 6.45) is 0. The van der Waals surface area contributed by atoms with E-state index in [0.29, 0.717) is 31.7 Å². The maximum absolute atomic E-state index is 13.8. The van der Waals surface area contributed by atoms with E-state index in [9.17, 15) is 9.59 Å². The SMILES string of the molecule is COc1cccc(-c2cc(C(=O)N3CCN(C(=O)c4ccccc4C)CC3)c(C)n2-c2ccccc2)c1. The zero-order valence-corrected chi connectivity index (χ0v) is 21.5. The summed E-state index contributed by atoms with van der Waals surface area (Å²) in [5.41, 5.74) is 6.13. The highest BCUT2D eigenvalue weighted by molar-refractivity contribution is 5.98. The number of hydrogen-bond donors (Lipinski definition) is 0. The van der Waals surface area contributed by atoms with Gasteiger partial charge in [-0.2, -0.15) is 0 Å². The number of piperazine rings is 1. The number of carbonyl (C=O) groups excluding carboxylic acids is 2. The minimum absolute atomic E-state index is 0.0145. The van der Waals surface area contributed by atoms with Crippen LogP contribution in [0.15, 0.2) is 84.9 Å². The zero-order valence-electron chi connectivity index (χ0n) is 21.5. The van der Waals surface area contributed by atoms with Gasteiger partial charge in [-0.15, -0.1) is 0 Å². The number of aryl methyl sites for hydroxylation is 1. The first kappa shape index (κ1) is 24.4. The summed E-state index contributed by atoms with van der Waals surface area (Å²) >= 11 is 0. The third kappa shape index (κ3) is 4.75. The second kappa shape index (κ2) is 10.3. The van der Waals surface area contributed by atoms with E-state index in [2.05, 4.69) is 4.57 Å². The van der Waals surface area contributed by atoms with Crippen LogP contribution in [0.5, 0.6) is 5.75 Å². The molecule has 6 heteroatoms. The minimum atomic E-state index is -0.0145. The van der Waals surface area contributed by atoms with Crippen LogP contribution in [0.3, 0.4) is 0 Å². The Bertz CT molecular complexity index is 1430. The molecule has 0 spiro atoms. The molecular formula is C31H31N3O3. The van der Waals surface area contributed by atoms with Crippen LogP contribution in [-0.2, 0) is 0 Å². The maximum atomic E-state index is 13.8. The summed E-state index contributed by atoms with van der Waals surface area (Å²) in [6.45, 7) is 5.97. The molecule has 0 N–H and O–H groups in total. The summed E-state index contributed by atoms with van der Waals surface area (Å²) in [5, 5.41) is 0. The lowest BCUT2D eigenvalue weighted by Gasteiger charge is -2.35. The number of hydrogen-bond acceptors (Lipinski definition) is 3. The smallest absolute Gasteiger partial charge is 0.255 e. The fourth-order valence-corrected chi connectivity index (χ4v) is 4.99. The summed E-state index contributed by atoms with van der Waals surface area (Å²) in [4.78, 5) is 30.5. The average molecular weight is 494 g/mol. The molecule has 188 valence electrons. The first-order valence-corrected chi connectivity index (χ1v) is 12.5. The van der Waals surface area contributed by atoms with Crippen molar-refractivity contribution in [3.63, 3.8) is 0 Å². The van der Waals surface area contributed by atoms with Crippen LogP contribution in [0.25, 0.3) is 16.9 Å². The summed E-state index contributed by atoms with van der Waals surface area (Å²) in [5.74, 6) is 0.773. The molecule has 0 atom stereocenters. The number of aromatic nitrogens is 1. The Balaban J connectivity index is 1.42. The Morgan fingerprint density at radius 3 is 1.97 bits per heavy atom. The highest BCUT2D eigenvalue weighted by atomic mass is 16.5. The monoisotopic (exact) mass is 493 g/mol. The molecule has 3 aromatic carbocycles. The van der Waals surface area contributed by atoms with Gasteiger partial charge in [0, 0.05) is 48.7 Å². The van der Waals surface area contributed by atoms with Crippen molar-refractivity contribution in [1.29, 1.82) is 0 Å². The van der Waals surface area contributed by atoms with E-state index >= 15 is 0 Å². The lowest BCUT2D eigenvalue weighted by atomic mass is 10.1. The quantitative estimate of drug-likeness (QED) is 0.376. The Morgan fingerprint density at radius 1 is 0.703 bits per heavy atom. The standard InChI is InChI=1S/C31H31N3O3/c1-22-10-7-8-15-27(22)30(35)32-16-18-33(19-17-32)31(36)28-21-29(24-11-9-14-26(20-24)37-3)34(23(28)2)25-12-5-4-6-13-25/h4-15,20-21H,16-19H2,1-3H3. The van der Waals surface area contributed by atoms with Gasteiger partial charge in [-0.1, -0.05) is 48.5 Å². The number of benzene rings is 3. The fraction of sp³-hybridized carbons (Fsp3) is 0.226. The largest absolute Gasteiger partial charge is 0.497 e. The molecule has 2 heterocycles. The summed E-state index contributed by atoms with van der Waals surface area (Å²) in [7, 11) is 1.65. The number of nitrogens with zero attached hydrogens (tertiary/aromatic N) is 3. The van der Waals surface area contributed by atoms with Crippen molar-refractivity contribution in [3.8, 4) is 22.7 Å². The molecule has 1 saturated heterocycles. The molecule has 0 saturated carbocycles. The number of methoxy groups -OCH3 is 1. The van der Waals surface area contributed by atoms with Crippen LogP contribution in [0.2, 0.25) is 0 Å². The Morgan fingerprint density at radius 2 is 1.32 bits per heavy atom. The third-order valence-corrected chi connectivity index (χ3v) is 7.09. The predicted molar refractivity (Wildman–Crippen MR) is 145 cm³/mol. The molecule has 1 aliphatic rings. The van der Waals surface area contributed by atoms with E-state index in [1.54, 1.807) is 7.11 Å². The maximum Gasteiger partial charge on any atom is 0.255 e. The first-order valence-electron chi connectivity index (χ1n) is 12.5. The van der Waals surface area contributed by atoms with E-state index in [4.69, 9.17) is 4.74 Å². The van der Waals surface area contributed by atoms with Crippen molar-refractivity contribution in [1.82, 2.24) is 14.4 Å². The minimum Gasteiger partial charge on any atom is -0.497 e. The van der Waals surface area contributed by atoms with Gasteiger partial charge in [-0.05, 0) is 55.8 Å². The third-order valence-electron chi connectivity index (χ3n) is 7.09. The van der Waals surface area contributed by atoms with E-state index < -0.39 is 0 Å². The van der Waals surface area contributed by atoms with Gasteiger partial charge in [0.15, 0.2) is 0 Å². The average Bonchev–Trinajstić information content (AvgIpc) is 3.30. The topological polar surface area (TPSA) is 54.8 Å². The van der Waals surface area contributed by atoms with Gasteiger partial charge in [0.25, 0.3) is 11.8 Å². The number of amides is 2. The number of ether oxygens (including phenoxy) is 1. The Kier molecular flexibility index (Phi) is 6.82. The zero-order chi connectivity index (χ0) is 25.9. The number of rotatable bonds is 5. The summed E-state index contributed by atoms with van der Waals surface area (Å²) in [6, 6.07) is 27.6. The van der Waals surface area contributed by atoms with Crippen LogP contribution in [0.4, 0.5) is 0 Å². The molecule has 1 aliphatic heterocycles. The molecule has 1 fully saturated rings. The molecule has 5 rings (SSSR count). The first-order chi connectivity index (χ1) is 18.0. The molecule has 1 aromatic heterocycles. The van der Waals surface area contributed by atoms with Crippen molar-refractivity contribution in [3.05, 3.63) is 107 Å². The van der Waals surface area contributed by atoms with Crippen molar-refractivity contribution < 1.29 is 14.3 Å². The predicted octanol–water partition coefficient (Wildman–Crippen LogP) is 5.37. The van der Waals surface area contributed by atoms with E-state index in [1.165, 1.54) is 0 Å². The number of carbonyl (C=O) groups is 2. The van der Waals surface area contributed by atoms with Crippen molar-refractivity contribution >= 4 is 11.8 Å². The van der Waals surface area contributed by atoms with Crippen molar-refractivity contribution in [2.45, 2.75) is 13.8 Å². The molecule has 2 amide bonds. The van der Waals surface area contributed by atoms with Crippen LogP contribution in [-0.4, -0.2) is 59.5 Å². The van der Waals surface area contributed by atoms with Gasteiger partial charge < -0.3 is 19.1 Å². The van der Waals surface area contributed by atoms with Crippen LogP contribution in [0.1, 0.15) is 32.0 Å². The van der Waals surface area contributed by atoms with Crippen LogP contribution >= 0.6 is 0 Å². The molecule has 6 nitrogen and oxygen atoms in total. The molecule has 37 heavy (non-hydrogen) atoms. The molecule has 0 bridgehead atoms. The normalized spacial score (nSPS) is 13.5. The molecule has 0 aliphatic carbocycles. The van der Waals surface area contributed by atoms with E-state index in [-0.39, 0.29) is 11.8 Å². The Labute approximate surface area is 217 Å². The molecule has 0 unspecified atom stereocenters. The van der Waals surface area contributed by atoms with Crippen molar-refractivity contribution in [2.24, 2.45) is 0 Å². The fourth-order valence-electron chi connectivity index (χ4n) is 4.99. The highest BCUT2D eigenvalue weighted by Gasteiger charge is 2.29. The van der Waals surface area contributed by atoms with Crippen LogP contribution < -0.4 is 4.74 Å². The number of para-hydroxylation sites is 1. The van der Waals surface area contributed by atoms with Gasteiger partial charge >= 0.3 is 0 Å². The van der Waals surface area contributed by atoms with E-state index in [0.717, 1.165) is 39.5 Å². The van der Waals surface area contributed by atoms with Gasteiger partial charge in [0.05, 0.1) is 18.4 Å². The van der Waals surface area contributed by atoms with Crippen molar-refractivity contribution in [2.75, 3.05) is 33.3 Å². The van der Waals surface area contributed by atoms with E-state index in [1.807, 2.05) is 109 Å². The second-order valence-electron chi connectivity index (χ2n) is 9.33.